The van der Waals surface area contributed by atoms with Gasteiger partial charge in [-0.3, -0.25) is 0 Å². The van der Waals surface area contributed by atoms with Crippen LogP contribution in [-0.2, 0) is 25.5 Å². The number of phenols is 1. The van der Waals surface area contributed by atoms with Crippen LogP contribution in [0.3, 0.4) is 0 Å². The van der Waals surface area contributed by atoms with Crippen molar-refractivity contribution in [3.05, 3.63) is 34.2 Å². The Balaban J connectivity index is 1.44. The first kappa shape index (κ1) is 33.6. The molecule has 15 heteroatoms. The Morgan fingerprint density at radius 1 is 1.18 bits per heavy atom. The number of rotatable bonds is 12. The second-order valence-corrected chi connectivity index (χ2v) is 12.5. The molecule has 1 aromatic rings. The standard InChI is InChI=1S/C29H38ClN3O11/c1-29-9-8-17-16-5-3-15(35)12-14(16)2-4-18(17)19(29)6-7-20(29)25(26(39)40)44-27(41)24(38)23(37)22(36)21(13-34)31-28(42)33(32-43)11-10-30/h3,5,12-13,17-25,35-38H,2,4,6-11H2,1H3,(H,31,42)(H,39,40)/t17-,18-,19+,20-,21+,22-,23+,24+,25?,29+/m1/s1. The number of fused-ring (bicyclic) bond motifs is 5. The number of hydrogen-bond acceptors (Lipinski definition) is 11. The summed E-state index contributed by atoms with van der Waals surface area (Å²) in [4.78, 5) is 59.8. The van der Waals surface area contributed by atoms with E-state index < -0.39 is 59.8 Å². The van der Waals surface area contributed by atoms with Crippen LogP contribution in [0.1, 0.15) is 56.1 Å². The number of carbonyl (C=O) groups is 4. The van der Waals surface area contributed by atoms with Crippen LogP contribution >= 0.6 is 11.6 Å². The Kier molecular flexibility index (Phi) is 10.5. The number of nitrogens with one attached hydrogen (secondary N) is 1. The van der Waals surface area contributed by atoms with E-state index in [9.17, 15) is 49.6 Å². The number of halogens is 1. The van der Waals surface area contributed by atoms with Crippen LogP contribution in [0, 0.1) is 28.1 Å². The van der Waals surface area contributed by atoms with Gasteiger partial charge in [0.05, 0.1) is 11.8 Å². The molecule has 0 spiro atoms. The predicted octanol–water partition coefficient (Wildman–Crippen LogP) is 1.44. The summed E-state index contributed by atoms with van der Waals surface area (Å²) in [5.74, 6) is -2.76. The summed E-state index contributed by atoms with van der Waals surface area (Å²) in [6.45, 7) is 1.68. The molecule has 1 aromatic carbocycles. The van der Waals surface area contributed by atoms with Gasteiger partial charge in [-0.2, -0.15) is 5.01 Å². The second kappa shape index (κ2) is 13.8. The third-order valence-corrected chi connectivity index (χ3v) is 10.2. The minimum Gasteiger partial charge on any atom is -0.508 e. The van der Waals surface area contributed by atoms with Crippen molar-refractivity contribution >= 4 is 35.9 Å². The van der Waals surface area contributed by atoms with E-state index in [1.807, 2.05) is 18.3 Å². The van der Waals surface area contributed by atoms with Gasteiger partial charge >= 0.3 is 18.0 Å². The van der Waals surface area contributed by atoms with Gasteiger partial charge in [-0.1, -0.05) is 13.0 Å². The number of benzene rings is 1. The summed E-state index contributed by atoms with van der Waals surface area (Å²) in [7, 11) is 0. The number of amides is 2. The van der Waals surface area contributed by atoms with Crippen molar-refractivity contribution in [1.82, 2.24) is 10.3 Å². The minimum absolute atomic E-state index is 0.00972. The Labute approximate surface area is 258 Å². The largest absolute Gasteiger partial charge is 0.508 e. The molecule has 2 saturated carbocycles. The lowest BCUT2D eigenvalue weighted by Crippen LogP contribution is -2.56. The van der Waals surface area contributed by atoms with E-state index in [2.05, 4.69) is 5.29 Å². The number of alkyl halides is 1. The SMILES string of the molecule is C[C@]12CC[C@@H]3c4ccc(O)cc4CC[C@H]3[C@@H]1CC[C@@H]2C(OC(=O)[C@@H](O)[C@@H](O)[C@H](O)[C@H](C=O)NC(=O)N(CCCl)N=O)C(=O)O. The summed E-state index contributed by atoms with van der Waals surface area (Å²) in [6.07, 6.45) is -4.40. The smallest absolute Gasteiger partial charge is 0.345 e. The molecular formula is C29H38ClN3O11. The van der Waals surface area contributed by atoms with Gasteiger partial charge < -0.3 is 40.4 Å². The fourth-order valence-corrected chi connectivity index (χ4v) is 7.98. The zero-order valence-corrected chi connectivity index (χ0v) is 24.9. The summed E-state index contributed by atoms with van der Waals surface area (Å²) in [5.41, 5.74) is 1.84. The number of carboxylic acids is 1. The highest BCUT2D eigenvalue weighted by Crippen LogP contribution is 2.64. The van der Waals surface area contributed by atoms with E-state index in [4.69, 9.17) is 16.3 Å². The van der Waals surface area contributed by atoms with Gasteiger partial charge in [0.2, 0.25) is 6.10 Å². The third-order valence-electron chi connectivity index (χ3n) is 9.98. The maximum Gasteiger partial charge on any atom is 0.345 e. The number of aldehydes is 1. The monoisotopic (exact) mass is 639 g/mol. The highest BCUT2D eigenvalue weighted by Gasteiger charge is 2.58. The Morgan fingerprint density at radius 2 is 1.91 bits per heavy atom. The van der Waals surface area contributed by atoms with Gasteiger partial charge in [-0.15, -0.1) is 16.5 Å². The molecule has 2 amide bonds. The van der Waals surface area contributed by atoms with E-state index in [0.717, 1.165) is 31.2 Å². The molecule has 1 unspecified atom stereocenters. The molecule has 0 heterocycles. The number of aliphatic carboxylic acids is 1. The number of carbonyl (C=O) groups excluding carboxylic acids is 3. The number of aryl methyl sites for hydroxylation is 1. The molecular weight excluding hydrogens is 602 g/mol. The average molecular weight is 640 g/mol. The first-order valence-corrected chi connectivity index (χ1v) is 15.1. The number of phenolic OH excluding ortho intramolecular Hbond substituents is 1. The quantitative estimate of drug-likeness (QED) is 0.0631. The molecule has 14 nitrogen and oxygen atoms in total. The number of hydrogen-bond donors (Lipinski definition) is 6. The van der Waals surface area contributed by atoms with Crippen LogP contribution in [0.5, 0.6) is 5.75 Å². The zero-order valence-electron chi connectivity index (χ0n) is 24.1. The Bertz CT molecular complexity index is 1270. The average Bonchev–Trinajstić information content (AvgIpc) is 3.36. The molecule has 2 fully saturated rings. The van der Waals surface area contributed by atoms with Crippen molar-refractivity contribution in [2.75, 3.05) is 12.4 Å². The van der Waals surface area contributed by atoms with Crippen LogP contribution < -0.4 is 5.32 Å². The lowest BCUT2D eigenvalue weighted by molar-refractivity contribution is -0.185. The number of ether oxygens (including phenoxy) is 1. The van der Waals surface area contributed by atoms with E-state index >= 15 is 0 Å². The molecule has 0 bridgehead atoms. The first-order valence-electron chi connectivity index (χ1n) is 14.6. The lowest BCUT2D eigenvalue weighted by atomic mass is 9.53. The van der Waals surface area contributed by atoms with Gasteiger partial charge in [0.25, 0.3) is 0 Å². The highest BCUT2D eigenvalue weighted by molar-refractivity contribution is 6.18. The topological polar surface area (TPSA) is 223 Å². The van der Waals surface area contributed by atoms with E-state index in [-0.39, 0.29) is 42.2 Å². The van der Waals surface area contributed by atoms with Gasteiger partial charge in [0, 0.05) is 11.8 Å². The molecule has 44 heavy (non-hydrogen) atoms. The molecule has 0 aliphatic heterocycles. The summed E-state index contributed by atoms with van der Waals surface area (Å²) in [5, 5.41) is 56.1. The number of aromatic hydroxyl groups is 1. The van der Waals surface area contributed by atoms with E-state index in [1.165, 1.54) is 5.56 Å². The summed E-state index contributed by atoms with van der Waals surface area (Å²) >= 11 is 5.48. The number of aliphatic hydroxyl groups excluding tert-OH is 3. The Morgan fingerprint density at radius 3 is 2.55 bits per heavy atom. The highest BCUT2D eigenvalue weighted by atomic mass is 35.5. The first-order chi connectivity index (χ1) is 20.9. The molecule has 0 saturated heterocycles. The van der Waals surface area contributed by atoms with Crippen LogP contribution in [-0.4, -0.2) is 97.7 Å². The third kappa shape index (κ3) is 6.39. The van der Waals surface area contributed by atoms with Gasteiger partial charge in [0.15, 0.2) is 6.10 Å². The maximum atomic E-state index is 12.9. The maximum absolute atomic E-state index is 12.9. The minimum atomic E-state index is -2.47. The number of nitroso groups, excluding NO2 is 1. The number of urea groups is 1. The lowest BCUT2D eigenvalue weighted by Gasteiger charge is -2.51. The molecule has 0 radical (unpaired) electrons. The van der Waals surface area contributed by atoms with Crippen LogP contribution in [0.25, 0.3) is 0 Å². The normalized spacial score (nSPS) is 28.9. The van der Waals surface area contributed by atoms with Gasteiger partial charge in [-0.05, 0) is 85.0 Å². The fourth-order valence-electron chi connectivity index (χ4n) is 7.82. The summed E-state index contributed by atoms with van der Waals surface area (Å²) in [6, 6.07) is 2.34. The number of esters is 1. The molecule has 0 aromatic heterocycles. The number of aliphatic hydroxyl groups is 3. The molecule has 242 valence electrons. The van der Waals surface area contributed by atoms with Crippen molar-refractivity contribution in [2.45, 2.75) is 81.8 Å². The van der Waals surface area contributed by atoms with Crippen molar-refractivity contribution < 1.29 is 49.4 Å². The van der Waals surface area contributed by atoms with Crippen LogP contribution in [0.4, 0.5) is 4.79 Å². The molecule has 10 atom stereocenters. The molecule has 3 aliphatic rings. The van der Waals surface area contributed by atoms with E-state index in [1.54, 1.807) is 12.1 Å². The van der Waals surface area contributed by atoms with Crippen LogP contribution in [0.2, 0.25) is 0 Å². The second-order valence-electron chi connectivity index (χ2n) is 12.2. The van der Waals surface area contributed by atoms with Crippen molar-refractivity contribution in [3.8, 4) is 5.75 Å². The molecule has 3 aliphatic carbocycles. The van der Waals surface area contributed by atoms with Gasteiger partial charge in [0.1, 0.15) is 30.3 Å². The van der Waals surface area contributed by atoms with Gasteiger partial charge in [-0.25, -0.2) is 14.4 Å². The summed E-state index contributed by atoms with van der Waals surface area (Å²) < 4.78 is 5.29. The van der Waals surface area contributed by atoms with Crippen molar-refractivity contribution in [3.63, 3.8) is 0 Å². The molecule has 4 rings (SSSR count). The van der Waals surface area contributed by atoms with E-state index in [0.29, 0.717) is 17.9 Å². The zero-order chi connectivity index (χ0) is 32.3. The van der Waals surface area contributed by atoms with Crippen LogP contribution in [0.15, 0.2) is 23.5 Å². The fraction of sp³-hybridized carbons (Fsp3) is 0.655. The Hall–Kier alpha value is -3.33. The molecule has 6 N–H and O–H groups in total. The van der Waals surface area contributed by atoms with Crippen molar-refractivity contribution in [1.29, 1.82) is 0 Å². The van der Waals surface area contributed by atoms with Crippen molar-refractivity contribution in [2.24, 2.45) is 28.5 Å². The number of carboxylic acid groups (broad SMARTS) is 1. The number of nitrogens with zero attached hydrogens (tertiary/aromatic N) is 2. The predicted molar refractivity (Wildman–Crippen MR) is 153 cm³/mol.